The topological polar surface area (TPSA) is 111 Å². The molecule has 0 unspecified atom stereocenters. The van der Waals surface area contributed by atoms with E-state index in [1.54, 1.807) is 14.7 Å². The van der Waals surface area contributed by atoms with E-state index in [1.165, 1.54) is 0 Å². The molecule has 0 saturated carbocycles. The number of hydrogen-bond donors (Lipinski definition) is 2. The van der Waals surface area contributed by atoms with Crippen LogP contribution in [0.1, 0.15) is 37.3 Å². The third kappa shape index (κ3) is 3.95. The number of anilines is 3. The van der Waals surface area contributed by atoms with Crippen molar-refractivity contribution in [2.75, 3.05) is 34.4 Å². The third-order valence-electron chi connectivity index (χ3n) is 8.96. The van der Waals surface area contributed by atoms with Gasteiger partial charge in [-0.1, -0.05) is 19.1 Å². The van der Waals surface area contributed by atoms with E-state index in [1.807, 2.05) is 62.5 Å². The van der Waals surface area contributed by atoms with Crippen molar-refractivity contribution in [1.29, 1.82) is 0 Å². The van der Waals surface area contributed by atoms with Gasteiger partial charge in [-0.05, 0) is 55.4 Å². The Morgan fingerprint density at radius 2 is 1.67 bits per heavy atom. The molecule has 39 heavy (non-hydrogen) atoms. The van der Waals surface area contributed by atoms with Crippen molar-refractivity contribution in [2.24, 2.45) is 5.92 Å². The lowest BCUT2D eigenvalue weighted by Gasteiger charge is -2.33. The van der Waals surface area contributed by atoms with Crippen LogP contribution in [0.4, 0.5) is 17.1 Å². The Bertz CT molecular complexity index is 1360. The minimum atomic E-state index is -2.80. The average molecular weight is 550 g/mol. The van der Waals surface area contributed by atoms with Gasteiger partial charge in [0.2, 0.25) is 11.8 Å². The van der Waals surface area contributed by atoms with Gasteiger partial charge in [0, 0.05) is 60.9 Å². The van der Waals surface area contributed by atoms with E-state index >= 15 is 0 Å². The molecule has 0 aliphatic carbocycles. The zero-order valence-corrected chi connectivity index (χ0v) is 23.6. The highest BCUT2D eigenvalue weighted by Gasteiger charge is 2.66. The van der Waals surface area contributed by atoms with E-state index in [2.05, 4.69) is 0 Å². The molecule has 4 aliphatic rings. The Morgan fingerprint density at radius 1 is 1.00 bits per heavy atom. The largest absolute Gasteiger partial charge is 0.432 e. The first-order valence-corrected chi connectivity index (χ1v) is 16.8. The molecule has 3 saturated heterocycles. The molecule has 0 bridgehead atoms. The van der Waals surface area contributed by atoms with E-state index in [4.69, 9.17) is 4.74 Å². The molecular formula is C29H35N3O6Si. The number of fused-ring (bicyclic) bond motifs is 2. The molecule has 9 nitrogen and oxygen atoms in total. The number of ether oxygens (including phenoxy) is 1. The molecule has 10 heteroatoms. The molecule has 1 spiro atoms. The smallest absolute Gasteiger partial charge is 0.264 e. The summed E-state index contributed by atoms with van der Waals surface area (Å²) in [4.78, 5) is 55.3. The molecule has 0 radical (unpaired) electrons. The van der Waals surface area contributed by atoms with Crippen molar-refractivity contribution >= 4 is 43.1 Å². The Balaban J connectivity index is 1.43. The first kappa shape index (κ1) is 26.2. The molecule has 206 valence electrons. The van der Waals surface area contributed by atoms with Crippen LogP contribution in [0, 0.1) is 5.92 Å². The summed E-state index contributed by atoms with van der Waals surface area (Å²) in [5.41, 5.74) is 2.26. The second kappa shape index (κ2) is 9.26. The van der Waals surface area contributed by atoms with E-state index in [0.717, 1.165) is 22.6 Å². The highest BCUT2D eigenvalue weighted by atomic mass is 28.4. The van der Waals surface area contributed by atoms with Gasteiger partial charge in [-0.15, -0.1) is 0 Å². The minimum Gasteiger partial charge on any atom is -0.432 e. The van der Waals surface area contributed by atoms with Crippen molar-refractivity contribution in [3.63, 3.8) is 0 Å². The number of amides is 3. The molecule has 2 aromatic carbocycles. The Morgan fingerprint density at radius 3 is 2.23 bits per heavy atom. The lowest BCUT2D eigenvalue weighted by Crippen LogP contribution is -2.46. The number of β-lactam (4-membered cyclic amide) rings is 2. The molecule has 4 heterocycles. The van der Waals surface area contributed by atoms with E-state index < -0.39 is 20.0 Å². The summed E-state index contributed by atoms with van der Waals surface area (Å²) in [6.07, 6.45) is 0.902. The van der Waals surface area contributed by atoms with Gasteiger partial charge >= 0.3 is 0 Å². The Hall–Kier alpha value is -3.05. The summed E-state index contributed by atoms with van der Waals surface area (Å²) in [5.74, 6) is -0.412. The third-order valence-corrected chi connectivity index (χ3v) is 11.5. The molecular weight excluding hydrogens is 514 g/mol. The van der Waals surface area contributed by atoms with Crippen LogP contribution in [-0.2, 0) is 31.3 Å². The van der Waals surface area contributed by atoms with Gasteiger partial charge in [-0.2, -0.15) is 0 Å². The summed E-state index contributed by atoms with van der Waals surface area (Å²) in [5, 5.41) is 9.82. The van der Waals surface area contributed by atoms with Crippen LogP contribution in [0.15, 0.2) is 42.5 Å². The second-order valence-electron chi connectivity index (χ2n) is 11.7. The molecule has 2 N–H and O–H groups in total. The summed E-state index contributed by atoms with van der Waals surface area (Å²) in [7, 11) is -2.80. The maximum Gasteiger partial charge on any atom is 0.264 e. The standard InChI is InChI=1S/C29H35N3O6Si/c1-18-27(39(2,3)37)24(11-14-33)38-29(18)22-16-21(31-13-10-26(31)35)7-8-23(22)32(28(29)36)17-19-5-4-6-20(15-19)30-12-9-25(30)34/h4-8,15-16,18,24,27,33,37H,9-14,17H2,1-3H3/t18-,24+,27-,29+/m1/s1. The van der Waals surface area contributed by atoms with Crippen molar-refractivity contribution in [1.82, 2.24) is 0 Å². The molecule has 0 aromatic heterocycles. The van der Waals surface area contributed by atoms with Crippen molar-refractivity contribution in [3.05, 3.63) is 53.6 Å². The summed E-state index contributed by atoms with van der Waals surface area (Å²) in [6, 6.07) is 13.3. The zero-order chi connectivity index (χ0) is 27.7. The van der Waals surface area contributed by atoms with E-state index in [9.17, 15) is 24.3 Å². The van der Waals surface area contributed by atoms with Gasteiger partial charge in [-0.3, -0.25) is 14.4 Å². The van der Waals surface area contributed by atoms with Crippen LogP contribution in [-0.4, -0.2) is 61.7 Å². The number of aliphatic hydroxyl groups is 1. The Labute approximate surface area is 229 Å². The number of rotatable bonds is 7. The minimum absolute atomic E-state index is 0.0443. The number of aliphatic hydroxyl groups excluding tert-OH is 1. The van der Waals surface area contributed by atoms with Crippen molar-refractivity contribution in [3.8, 4) is 0 Å². The molecule has 4 atom stereocenters. The van der Waals surface area contributed by atoms with Gasteiger partial charge in [0.05, 0.1) is 18.3 Å². The Kier molecular flexibility index (Phi) is 6.22. The molecule has 3 amide bonds. The van der Waals surface area contributed by atoms with Gasteiger partial charge < -0.3 is 29.3 Å². The lowest BCUT2D eigenvalue weighted by atomic mass is 9.82. The van der Waals surface area contributed by atoms with Gasteiger partial charge in [0.25, 0.3) is 5.91 Å². The fourth-order valence-corrected chi connectivity index (χ4v) is 9.57. The van der Waals surface area contributed by atoms with E-state index in [-0.39, 0.29) is 42.3 Å². The fraction of sp³-hybridized carbons (Fsp3) is 0.483. The summed E-state index contributed by atoms with van der Waals surface area (Å²) in [6.45, 7) is 7.19. The first-order valence-electron chi connectivity index (χ1n) is 13.7. The average Bonchev–Trinajstić information content (AvgIpc) is 3.29. The monoisotopic (exact) mass is 549 g/mol. The van der Waals surface area contributed by atoms with Gasteiger partial charge in [-0.25, -0.2) is 0 Å². The maximum absolute atomic E-state index is 14.5. The predicted octanol–water partition coefficient (Wildman–Crippen LogP) is 2.89. The van der Waals surface area contributed by atoms with Crippen LogP contribution >= 0.6 is 0 Å². The van der Waals surface area contributed by atoms with Crippen molar-refractivity contribution in [2.45, 2.75) is 63.1 Å². The van der Waals surface area contributed by atoms with Crippen molar-refractivity contribution < 1.29 is 29.0 Å². The quantitative estimate of drug-likeness (QED) is 0.406. The molecule has 6 rings (SSSR count). The SMILES string of the molecule is C[C@@H]1[C@@H]([Si](C)(C)O)[C@H](CCO)O[C@@]12C(=O)N(Cc1cccc(N3CCC3=O)c1)c1ccc(N3CCC3=O)cc12. The number of nitrogens with zero attached hydrogens (tertiary/aromatic N) is 3. The molecule has 4 aliphatic heterocycles. The van der Waals surface area contributed by atoms with Crippen LogP contribution in [0.25, 0.3) is 0 Å². The molecule has 2 aromatic rings. The predicted molar refractivity (Wildman–Crippen MR) is 149 cm³/mol. The maximum atomic E-state index is 14.5. The number of benzene rings is 2. The fourth-order valence-electron chi connectivity index (χ4n) is 6.97. The van der Waals surface area contributed by atoms with Crippen LogP contribution in [0.5, 0.6) is 0 Å². The van der Waals surface area contributed by atoms with Crippen LogP contribution in [0.2, 0.25) is 18.6 Å². The zero-order valence-electron chi connectivity index (χ0n) is 22.6. The van der Waals surface area contributed by atoms with E-state index in [0.29, 0.717) is 37.9 Å². The lowest BCUT2D eigenvalue weighted by molar-refractivity contribution is -0.146. The van der Waals surface area contributed by atoms with Gasteiger partial charge in [0.1, 0.15) is 0 Å². The number of hydrogen-bond acceptors (Lipinski definition) is 6. The highest BCUT2D eigenvalue weighted by molar-refractivity contribution is 6.71. The number of carbonyl (C=O) groups excluding carboxylic acids is 3. The summed E-state index contributed by atoms with van der Waals surface area (Å²) >= 11 is 0. The number of carbonyl (C=O) groups is 3. The van der Waals surface area contributed by atoms with Crippen LogP contribution in [0.3, 0.4) is 0 Å². The molecule has 3 fully saturated rings. The highest BCUT2D eigenvalue weighted by Crippen LogP contribution is 2.60. The second-order valence-corrected chi connectivity index (χ2v) is 15.7. The van der Waals surface area contributed by atoms with Gasteiger partial charge in [0.15, 0.2) is 13.9 Å². The van der Waals surface area contributed by atoms with Crippen LogP contribution < -0.4 is 14.7 Å². The summed E-state index contributed by atoms with van der Waals surface area (Å²) < 4.78 is 6.69. The normalized spacial score (nSPS) is 28.3. The first-order chi connectivity index (χ1) is 18.6.